The van der Waals surface area contributed by atoms with Crippen molar-refractivity contribution in [3.63, 3.8) is 0 Å². The molecule has 0 amide bonds. The zero-order valence-electron chi connectivity index (χ0n) is 25.8. The first kappa shape index (κ1) is 34.6. The lowest BCUT2D eigenvalue weighted by Crippen LogP contribution is -2.51. The van der Waals surface area contributed by atoms with Crippen LogP contribution >= 0.6 is 0 Å². The lowest BCUT2D eigenvalue weighted by Gasteiger charge is -2.41. The number of hydrogen-bond donors (Lipinski definition) is 2. The van der Waals surface area contributed by atoms with E-state index in [1.807, 2.05) is 56.5 Å². The second kappa shape index (κ2) is 19.6. The molecule has 1 aliphatic heterocycles. The molecule has 1 unspecified atom stereocenters. The molecule has 2 N–H and O–H groups in total. The maximum Gasteiger partial charge on any atom is 0.123 e. The molecule has 3 rings (SSSR count). The third kappa shape index (κ3) is 12.6. The number of rotatable bonds is 10. The normalized spacial score (nSPS) is 14.7. The molecule has 0 fully saturated rings. The second-order valence-electron chi connectivity index (χ2n) is 10.1. The molecule has 0 saturated carbocycles. The van der Waals surface area contributed by atoms with E-state index < -0.39 is 0 Å². The number of hydrogen-bond acceptors (Lipinski definition) is 4. The summed E-state index contributed by atoms with van der Waals surface area (Å²) in [6, 6.07) is 17.1. The van der Waals surface area contributed by atoms with Crippen LogP contribution in [0.15, 0.2) is 110 Å². The van der Waals surface area contributed by atoms with E-state index in [1.54, 1.807) is 18.2 Å². The van der Waals surface area contributed by atoms with Crippen molar-refractivity contribution in [2.45, 2.75) is 40.7 Å². The molecule has 0 spiro atoms. The van der Waals surface area contributed by atoms with Gasteiger partial charge in [0.05, 0.1) is 6.67 Å². The van der Waals surface area contributed by atoms with E-state index in [2.05, 4.69) is 80.5 Å². The molecule has 1 heterocycles. The van der Waals surface area contributed by atoms with Crippen molar-refractivity contribution < 1.29 is 4.39 Å². The zero-order chi connectivity index (χ0) is 29.9. The third-order valence-electron chi connectivity index (χ3n) is 6.69. The molecule has 0 bridgehead atoms. The Labute approximate surface area is 243 Å². The molecule has 0 saturated heterocycles. The van der Waals surface area contributed by atoms with Crippen molar-refractivity contribution in [3.05, 3.63) is 126 Å². The molecule has 4 nitrogen and oxygen atoms in total. The number of benzene rings is 2. The highest BCUT2D eigenvalue weighted by molar-refractivity contribution is 5.74. The fourth-order valence-electron chi connectivity index (χ4n) is 4.33. The number of nitrogens with zero attached hydrogens (tertiary/aromatic N) is 2. The molecule has 2 aromatic rings. The summed E-state index contributed by atoms with van der Waals surface area (Å²) in [5.74, 6) is 1.78. The summed E-state index contributed by atoms with van der Waals surface area (Å²) in [4.78, 5) is 4.94. The van der Waals surface area contributed by atoms with Crippen LogP contribution in [0.4, 0.5) is 4.39 Å². The van der Waals surface area contributed by atoms with Gasteiger partial charge in [0.1, 0.15) is 11.6 Å². The molecule has 218 valence electrons. The number of aryl methyl sites for hydroxylation is 1. The number of likely N-dealkylation sites (N-methyl/N-ethyl adjacent to an activating group) is 2. The Hall–Kier alpha value is -3.41. The van der Waals surface area contributed by atoms with Crippen molar-refractivity contribution in [2.24, 2.45) is 5.92 Å². The second-order valence-corrected chi connectivity index (χ2v) is 10.1. The van der Waals surface area contributed by atoms with E-state index in [-0.39, 0.29) is 5.82 Å². The largest absolute Gasteiger partial charge is 0.375 e. The van der Waals surface area contributed by atoms with E-state index in [4.69, 9.17) is 0 Å². The van der Waals surface area contributed by atoms with Gasteiger partial charge in [-0.15, -0.1) is 0 Å². The van der Waals surface area contributed by atoms with Crippen LogP contribution in [-0.4, -0.2) is 56.2 Å². The van der Waals surface area contributed by atoms with Crippen LogP contribution in [0.5, 0.6) is 0 Å². The molecule has 5 heteroatoms. The quantitative estimate of drug-likeness (QED) is 0.304. The lowest BCUT2D eigenvalue weighted by atomic mass is 10.0. The van der Waals surface area contributed by atoms with E-state index >= 15 is 0 Å². The van der Waals surface area contributed by atoms with Crippen molar-refractivity contribution in [1.82, 2.24) is 20.4 Å². The fraction of sp³-hybridized carbons (Fsp3) is 0.371. The zero-order valence-corrected chi connectivity index (χ0v) is 25.8. The Bertz CT molecular complexity index is 1060. The minimum atomic E-state index is -0.171. The predicted molar refractivity (Wildman–Crippen MR) is 173 cm³/mol. The van der Waals surface area contributed by atoms with E-state index in [1.165, 1.54) is 29.1 Å². The Morgan fingerprint density at radius 1 is 1.00 bits per heavy atom. The maximum atomic E-state index is 12.1. The maximum absolute atomic E-state index is 12.1. The Balaban J connectivity index is 0.000000321. The average Bonchev–Trinajstić information content (AvgIpc) is 2.96. The molecule has 0 aliphatic carbocycles. The highest BCUT2D eigenvalue weighted by atomic mass is 19.1. The summed E-state index contributed by atoms with van der Waals surface area (Å²) >= 11 is 0. The summed E-state index contributed by atoms with van der Waals surface area (Å²) in [6.45, 7) is 22.6. The molecule has 1 atom stereocenters. The minimum absolute atomic E-state index is 0.171. The summed E-state index contributed by atoms with van der Waals surface area (Å²) in [5.41, 5.74) is 4.82. The third-order valence-corrected chi connectivity index (χ3v) is 6.69. The molecule has 0 radical (unpaired) electrons. The van der Waals surface area contributed by atoms with Gasteiger partial charge in [0.25, 0.3) is 0 Å². The van der Waals surface area contributed by atoms with Crippen LogP contribution in [0, 0.1) is 18.7 Å². The summed E-state index contributed by atoms with van der Waals surface area (Å²) in [5, 5.41) is 6.80. The smallest absolute Gasteiger partial charge is 0.123 e. The highest BCUT2D eigenvalue weighted by Gasteiger charge is 2.24. The van der Waals surface area contributed by atoms with Crippen LogP contribution in [-0.2, 0) is 0 Å². The summed E-state index contributed by atoms with van der Waals surface area (Å²) in [7, 11) is 4.08. The predicted octanol–water partition coefficient (Wildman–Crippen LogP) is 7.41. The van der Waals surface area contributed by atoms with Crippen LogP contribution in [0.1, 0.15) is 38.8 Å². The van der Waals surface area contributed by atoms with Crippen molar-refractivity contribution in [2.75, 3.05) is 40.4 Å². The van der Waals surface area contributed by atoms with Gasteiger partial charge in [0.15, 0.2) is 0 Å². The van der Waals surface area contributed by atoms with Gasteiger partial charge in [-0.05, 0) is 62.2 Å². The van der Waals surface area contributed by atoms with Gasteiger partial charge in [-0.25, -0.2) is 4.39 Å². The summed E-state index contributed by atoms with van der Waals surface area (Å²) in [6.07, 6.45) is 9.47. The highest BCUT2D eigenvalue weighted by Crippen LogP contribution is 2.18. The van der Waals surface area contributed by atoms with E-state index in [9.17, 15) is 4.39 Å². The first-order valence-corrected chi connectivity index (χ1v) is 14.1. The molecular formula is C35H51FN4. The van der Waals surface area contributed by atoms with Crippen LogP contribution in [0.3, 0.4) is 0 Å². The topological polar surface area (TPSA) is 30.5 Å². The van der Waals surface area contributed by atoms with Crippen LogP contribution in [0.2, 0.25) is 0 Å². The molecule has 40 heavy (non-hydrogen) atoms. The number of allylic oxidation sites excluding steroid dienone is 6. The summed E-state index contributed by atoms with van der Waals surface area (Å²) < 4.78 is 12.1. The number of nitrogens with one attached hydrogen (secondary N) is 2. The fourth-order valence-corrected chi connectivity index (χ4v) is 4.33. The SMILES string of the molecule is C=C/C=C/C=C(\C=C)c1ccccc1.CCN1CC(C)=C(NC)N(CC(NC)C(C)C)C1.Cc1ccc(F)cc1. The van der Waals surface area contributed by atoms with E-state index in [0.29, 0.717) is 12.0 Å². The monoisotopic (exact) mass is 546 g/mol. The minimum Gasteiger partial charge on any atom is -0.375 e. The van der Waals surface area contributed by atoms with Gasteiger partial charge in [-0.3, -0.25) is 4.90 Å². The van der Waals surface area contributed by atoms with Crippen LogP contribution in [0.25, 0.3) is 5.57 Å². The van der Waals surface area contributed by atoms with Gasteiger partial charge in [0, 0.05) is 26.2 Å². The first-order chi connectivity index (χ1) is 19.2. The van der Waals surface area contributed by atoms with Crippen molar-refractivity contribution in [1.29, 1.82) is 0 Å². The van der Waals surface area contributed by atoms with Crippen LogP contribution < -0.4 is 10.6 Å². The Morgan fingerprint density at radius 3 is 2.12 bits per heavy atom. The Morgan fingerprint density at radius 2 is 1.65 bits per heavy atom. The van der Waals surface area contributed by atoms with Gasteiger partial charge < -0.3 is 15.5 Å². The van der Waals surface area contributed by atoms with Gasteiger partial charge in [-0.1, -0.05) is 112 Å². The lowest BCUT2D eigenvalue weighted by molar-refractivity contribution is 0.129. The standard InChI is InChI=1S/C14H30N4.C14H14.C7H7F/c1-7-17-8-12(4)14(16-6)18(10-17)9-13(15-5)11(2)3;1-3-5-7-10-13(4-2)14-11-8-6-9-12-14;1-6-2-4-7(8)5-3-6/h11,13,15-16H,7-10H2,1-6H3;3-12H,1-2H2;2-5H,1H3/b;7-5+,13-10+;. The Kier molecular flexibility index (Phi) is 17.0. The van der Waals surface area contributed by atoms with Crippen molar-refractivity contribution >= 4 is 5.57 Å². The molecule has 1 aliphatic rings. The van der Waals surface area contributed by atoms with Gasteiger partial charge in [-0.2, -0.15) is 0 Å². The first-order valence-electron chi connectivity index (χ1n) is 14.1. The molecular weight excluding hydrogens is 495 g/mol. The molecule has 2 aromatic carbocycles. The molecule has 0 aromatic heterocycles. The average molecular weight is 547 g/mol. The van der Waals surface area contributed by atoms with Gasteiger partial charge in [0.2, 0.25) is 0 Å². The number of halogens is 1. The van der Waals surface area contributed by atoms with Gasteiger partial charge >= 0.3 is 0 Å². The van der Waals surface area contributed by atoms with Crippen molar-refractivity contribution in [3.8, 4) is 0 Å². The van der Waals surface area contributed by atoms with E-state index in [0.717, 1.165) is 37.4 Å².